The molecule has 0 atom stereocenters. The zero-order chi connectivity index (χ0) is 30.1. The smallest absolute Gasteiger partial charge is 0.127 e. The summed E-state index contributed by atoms with van der Waals surface area (Å²) < 4.78 is 11.6. The van der Waals surface area contributed by atoms with Gasteiger partial charge in [0, 0.05) is 40.0 Å². The Morgan fingerprint density at radius 1 is 0.791 bits per heavy atom. The Bertz CT molecular complexity index is 1700. The van der Waals surface area contributed by atoms with E-state index in [0.29, 0.717) is 5.75 Å². The molecule has 1 saturated carbocycles. The average molecular weight is 594 g/mol. The number of phenols is 1. The van der Waals surface area contributed by atoms with Crippen LogP contribution in [0.15, 0.2) is 65.6 Å². The number of rotatable bonds is 4. The average Bonchev–Trinajstić information content (AvgIpc) is 3.22. The number of morpholine rings is 1. The molecule has 3 aliphatic rings. The van der Waals surface area contributed by atoms with E-state index in [-0.39, 0.29) is 16.2 Å². The first-order valence-corrected chi connectivity index (χ1v) is 16.8. The van der Waals surface area contributed by atoms with Gasteiger partial charge in [-0.15, -0.1) is 11.8 Å². The summed E-state index contributed by atoms with van der Waals surface area (Å²) in [5.74, 6) is 1.17. The van der Waals surface area contributed by atoms with Crippen molar-refractivity contribution in [2.24, 2.45) is 10.8 Å². The van der Waals surface area contributed by atoms with Crippen LogP contribution in [0.5, 0.6) is 11.5 Å². The van der Waals surface area contributed by atoms with Crippen molar-refractivity contribution in [3.8, 4) is 33.8 Å². The second-order valence-electron chi connectivity index (χ2n) is 14.4. The summed E-state index contributed by atoms with van der Waals surface area (Å²) in [6, 6.07) is 22.1. The number of fused-ring (bicyclic) bond motifs is 7. The molecule has 2 fully saturated rings. The third-order valence-electron chi connectivity index (χ3n) is 10.0. The van der Waals surface area contributed by atoms with Crippen molar-refractivity contribution >= 4 is 28.2 Å². The normalized spacial score (nSPS) is 19.8. The zero-order valence-corrected chi connectivity index (χ0v) is 27.2. The minimum Gasteiger partial charge on any atom is -0.507 e. The van der Waals surface area contributed by atoms with Crippen LogP contribution in [0.1, 0.15) is 58.1 Å². The van der Waals surface area contributed by atoms with Gasteiger partial charge in [-0.05, 0) is 112 Å². The standard InChI is InChI=1S/C38H43NO3S/c1-36(2)21-37(3,4)23-38(22-36)31-17-26(43-6)11-12-27(31)35-30-19-34(41-5)28(18-29(30)33(40)20-32(35)38)24-7-9-25(10-8-24)39-13-15-42-16-14-39/h7-12,17-20,40H,13-16,21-23H2,1-6H3. The molecular formula is C38H43NO3S. The Balaban J connectivity index is 1.43. The van der Waals surface area contributed by atoms with Crippen LogP contribution in [0.3, 0.4) is 0 Å². The summed E-state index contributed by atoms with van der Waals surface area (Å²) >= 11 is 1.80. The third-order valence-corrected chi connectivity index (χ3v) is 10.8. The summed E-state index contributed by atoms with van der Waals surface area (Å²) in [4.78, 5) is 3.66. The number of nitrogens with zero attached hydrogens (tertiary/aromatic N) is 1. The molecule has 4 nitrogen and oxygen atoms in total. The SMILES string of the molecule is COc1cc2c3c(cc(O)c2cc1-c1ccc(N2CCOCC2)cc1)C1(CC(C)(C)CC(C)(C)C1)c1cc(SC)ccc1-3. The van der Waals surface area contributed by atoms with Crippen LogP contribution in [-0.4, -0.2) is 44.8 Å². The Morgan fingerprint density at radius 2 is 1.49 bits per heavy atom. The van der Waals surface area contributed by atoms with E-state index in [0.717, 1.165) is 66.8 Å². The molecule has 7 rings (SSSR count). The summed E-state index contributed by atoms with van der Waals surface area (Å²) in [6.07, 6.45) is 5.48. The number of hydrogen-bond acceptors (Lipinski definition) is 5. The molecule has 0 aromatic heterocycles. The molecule has 4 aromatic rings. The second-order valence-corrected chi connectivity index (χ2v) is 15.3. The highest BCUT2D eigenvalue weighted by molar-refractivity contribution is 7.98. The van der Waals surface area contributed by atoms with Crippen molar-refractivity contribution in [3.63, 3.8) is 0 Å². The van der Waals surface area contributed by atoms with Gasteiger partial charge in [0.2, 0.25) is 0 Å². The van der Waals surface area contributed by atoms with Gasteiger partial charge in [0.05, 0.1) is 20.3 Å². The first-order valence-electron chi connectivity index (χ1n) is 15.5. The van der Waals surface area contributed by atoms with Gasteiger partial charge in [0.1, 0.15) is 11.5 Å². The van der Waals surface area contributed by atoms with E-state index in [2.05, 4.69) is 99.5 Å². The Morgan fingerprint density at radius 3 is 2.14 bits per heavy atom. The van der Waals surface area contributed by atoms with Crippen LogP contribution < -0.4 is 9.64 Å². The molecule has 0 amide bonds. The molecule has 1 aliphatic heterocycles. The highest BCUT2D eigenvalue weighted by Gasteiger charge is 2.53. The van der Waals surface area contributed by atoms with Crippen molar-refractivity contribution in [3.05, 3.63) is 71.8 Å². The predicted molar refractivity (Wildman–Crippen MR) is 180 cm³/mol. The maximum atomic E-state index is 11.8. The number of anilines is 1. The number of hydrogen-bond donors (Lipinski definition) is 1. The maximum absolute atomic E-state index is 11.8. The fourth-order valence-electron chi connectivity index (χ4n) is 9.07. The van der Waals surface area contributed by atoms with Crippen LogP contribution >= 0.6 is 11.8 Å². The molecule has 43 heavy (non-hydrogen) atoms. The molecule has 224 valence electrons. The number of aromatic hydroxyl groups is 1. The topological polar surface area (TPSA) is 41.9 Å². The van der Waals surface area contributed by atoms with Gasteiger partial charge in [-0.3, -0.25) is 0 Å². The van der Waals surface area contributed by atoms with E-state index in [1.54, 1.807) is 18.9 Å². The van der Waals surface area contributed by atoms with Gasteiger partial charge in [-0.1, -0.05) is 45.9 Å². The molecule has 0 unspecified atom stereocenters. The number of thioether (sulfide) groups is 1. The van der Waals surface area contributed by atoms with Crippen molar-refractivity contribution in [2.45, 2.75) is 57.3 Å². The van der Waals surface area contributed by atoms with E-state index < -0.39 is 0 Å². The highest BCUT2D eigenvalue weighted by Crippen LogP contribution is 2.65. The molecule has 5 heteroatoms. The van der Waals surface area contributed by atoms with Gasteiger partial charge in [-0.25, -0.2) is 0 Å². The predicted octanol–water partition coefficient (Wildman–Crippen LogP) is 9.28. The third kappa shape index (κ3) is 4.71. The molecule has 1 heterocycles. The minimum absolute atomic E-state index is 0.144. The first-order chi connectivity index (χ1) is 20.5. The molecule has 1 spiro atoms. The monoisotopic (exact) mass is 593 g/mol. The lowest BCUT2D eigenvalue weighted by Gasteiger charge is -2.51. The van der Waals surface area contributed by atoms with Gasteiger partial charge >= 0.3 is 0 Å². The van der Waals surface area contributed by atoms with Crippen molar-refractivity contribution < 1.29 is 14.6 Å². The summed E-state index contributed by atoms with van der Waals surface area (Å²) in [6.45, 7) is 13.0. The Hall–Kier alpha value is -3.15. The zero-order valence-electron chi connectivity index (χ0n) is 26.3. The summed E-state index contributed by atoms with van der Waals surface area (Å²) in [5, 5.41) is 13.7. The largest absolute Gasteiger partial charge is 0.507 e. The van der Waals surface area contributed by atoms with E-state index in [9.17, 15) is 5.11 Å². The van der Waals surface area contributed by atoms with Gasteiger partial charge in [-0.2, -0.15) is 0 Å². The molecule has 1 N–H and O–H groups in total. The Kier molecular flexibility index (Phi) is 6.79. The van der Waals surface area contributed by atoms with Gasteiger partial charge in [0.15, 0.2) is 0 Å². The second kappa shape index (κ2) is 10.2. The molecule has 4 aromatic carbocycles. The number of phenolic OH excluding ortho intramolecular Hbond substituents is 1. The van der Waals surface area contributed by atoms with Gasteiger partial charge in [0.25, 0.3) is 0 Å². The van der Waals surface area contributed by atoms with Gasteiger partial charge < -0.3 is 19.5 Å². The first kappa shape index (κ1) is 28.6. The van der Waals surface area contributed by atoms with Crippen LogP contribution in [0.2, 0.25) is 0 Å². The molecule has 0 bridgehead atoms. The number of benzene rings is 4. The van der Waals surface area contributed by atoms with E-state index in [1.165, 1.54) is 39.3 Å². The lowest BCUT2D eigenvalue weighted by molar-refractivity contribution is 0.0644. The summed E-state index contributed by atoms with van der Waals surface area (Å²) in [7, 11) is 1.75. The highest BCUT2D eigenvalue weighted by atomic mass is 32.2. The van der Waals surface area contributed by atoms with Crippen molar-refractivity contribution in [1.29, 1.82) is 0 Å². The molecule has 0 radical (unpaired) electrons. The van der Waals surface area contributed by atoms with Crippen LogP contribution in [0, 0.1) is 10.8 Å². The molecular weight excluding hydrogens is 550 g/mol. The fraction of sp³-hybridized carbons (Fsp3) is 0.421. The molecule has 2 aliphatic carbocycles. The van der Waals surface area contributed by atoms with Crippen LogP contribution in [-0.2, 0) is 10.2 Å². The number of methoxy groups -OCH3 is 1. The molecule has 1 saturated heterocycles. The lowest BCUT2D eigenvalue weighted by atomic mass is 9.52. The quantitative estimate of drug-likeness (QED) is 0.239. The Labute approximate surface area is 260 Å². The van der Waals surface area contributed by atoms with Crippen molar-refractivity contribution in [2.75, 3.05) is 44.6 Å². The fourth-order valence-corrected chi connectivity index (χ4v) is 9.51. The summed E-state index contributed by atoms with van der Waals surface area (Å²) in [5.41, 5.74) is 8.74. The van der Waals surface area contributed by atoms with E-state index >= 15 is 0 Å². The van der Waals surface area contributed by atoms with Crippen molar-refractivity contribution in [1.82, 2.24) is 0 Å². The minimum atomic E-state index is -0.144. The number of ether oxygens (including phenoxy) is 2. The lowest BCUT2D eigenvalue weighted by Crippen LogP contribution is -2.43. The van der Waals surface area contributed by atoms with Crippen LogP contribution in [0.4, 0.5) is 5.69 Å². The van der Waals surface area contributed by atoms with E-state index in [4.69, 9.17) is 9.47 Å². The van der Waals surface area contributed by atoms with Crippen LogP contribution in [0.25, 0.3) is 33.0 Å². The maximum Gasteiger partial charge on any atom is 0.127 e. The van der Waals surface area contributed by atoms with E-state index in [1.807, 2.05) is 0 Å².